The molecule has 6 nitrogen and oxygen atoms in total. The van der Waals surface area contributed by atoms with Crippen LogP contribution in [0.5, 0.6) is 11.5 Å². The Morgan fingerprint density at radius 1 is 0.839 bits per heavy atom. The summed E-state index contributed by atoms with van der Waals surface area (Å²) in [5.41, 5.74) is 3.50. The summed E-state index contributed by atoms with van der Waals surface area (Å²) in [4.78, 5) is 23.3. The Morgan fingerprint density at radius 3 is 2.10 bits per heavy atom. The minimum absolute atomic E-state index is 0.214. The summed E-state index contributed by atoms with van der Waals surface area (Å²) in [6.07, 6.45) is 0.490. The topological polar surface area (TPSA) is 71.1 Å². The van der Waals surface area contributed by atoms with Gasteiger partial charge < -0.3 is 18.9 Å². The zero-order valence-corrected chi connectivity index (χ0v) is 18.2. The van der Waals surface area contributed by atoms with Crippen molar-refractivity contribution in [3.05, 3.63) is 72.3 Å². The molecule has 2 rings (SSSR count). The van der Waals surface area contributed by atoms with Crippen molar-refractivity contribution in [2.24, 2.45) is 0 Å². The van der Waals surface area contributed by atoms with Gasteiger partial charge in [-0.15, -0.1) is 0 Å². The lowest BCUT2D eigenvalue weighted by molar-refractivity contribution is -0.138. The SMILES string of the molecule is C=C(C)C(=O)OCCc1cc(-c2ccc(OC(=O)C(=C)C)cc2)ccc1OCCOC. The Labute approximate surface area is 183 Å². The molecule has 0 aromatic heterocycles. The number of ether oxygens (including phenoxy) is 4. The number of carbonyl (C=O) groups is 2. The van der Waals surface area contributed by atoms with Gasteiger partial charge in [-0.3, -0.25) is 0 Å². The van der Waals surface area contributed by atoms with Crippen LogP contribution in [0.15, 0.2) is 66.8 Å². The molecule has 2 aromatic carbocycles. The van der Waals surface area contributed by atoms with Crippen molar-refractivity contribution in [2.75, 3.05) is 26.9 Å². The molecule has 6 heteroatoms. The van der Waals surface area contributed by atoms with Crippen LogP contribution in [0.2, 0.25) is 0 Å². The summed E-state index contributed by atoms with van der Waals surface area (Å²) in [6, 6.07) is 13.0. The van der Waals surface area contributed by atoms with Crippen LogP contribution in [0, 0.1) is 0 Å². The van der Waals surface area contributed by atoms with Crippen LogP contribution in [-0.4, -0.2) is 38.9 Å². The molecule has 0 bridgehead atoms. The molecule has 31 heavy (non-hydrogen) atoms. The maximum absolute atomic E-state index is 11.7. The van der Waals surface area contributed by atoms with Crippen molar-refractivity contribution in [1.82, 2.24) is 0 Å². The van der Waals surface area contributed by atoms with E-state index in [9.17, 15) is 9.59 Å². The Balaban J connectivity index is 2.19. The summed E-state index contributed by atoms with van der Waals surface area (Å²) in [5, 5.41) is 0. The lowest BCUT2D eigenvalue weighted by Crippen LogP contribution is -2.10. The minimum Gasteiger partial charge on any atom is -0.491 e. The van der Waals surface area contributed by atoms with Crippen LogP contribution in [0.25, 0.3) is 11.1 Å². The average Bonchev–Trinajstić information content (AvgIpc) is 2.75. The van der Waals surface area contributed by atoms with Gasteiger partial charge in [-0.05, 0) is 54.8 Å². The molecule has 164 valence electrons. The molecule has 0 heterocycles. The first-order valence-electron chi connectivity index (χ1n) is 9.87. The summed E-state index contributed by atoms with van der Waals surface area (Å²) < 4.78 is 21.3. The Morgan fingerprint density at radius 2 is 1.48 bits per heavy atom. The fourth-order valence-corrected chi connectivity index (χ4v) is 2.62. The molecular formula is C25H28O6. The lowest BCUT2D eigenvalue weighted by Gasteiger charge is -2.14. The first kappa shape index (κ1) is 23.9. The van der Waals surface area contributed by atoms with Crippen LogP contribution in [0.3, 0.4) is 0 Å². The summed E-state index contributed by atoms with van der Waals surface area (Å²) in [6.45, 7) is 11.5. The molecule has 0 amide bonds. The molecule has 0 N–H and O–H groups in total. The van der Waals surface area contributed by atoms with Crippen molar-refractivity contribution in [3.63, 3.8) is 0 Å². The van der Waals surface area contributed by atoms with Crippen LogP contribution in [-0.2, 0) is 25.5 Å². The van der Waals surface area contributed by atoms with E-state index in [1.54, 1.807) is 33.1 Å². The summed E-state index contributed by atoms with van der Waals surface area (Å²) in [5.74, 6) is 0.275. The van der Waals surface area contributed by atoms with Crippen molar-refractivity contribution >= 4 is 11.9 Å². The molecule has 0 saturated heterocycles. The average molecular weight is 424 g/mol. The second kappa shape index (κ2) is 11.7. The molecule has 0 atom stereocenters. The minimum atomic E-state index is -0.461. The third kappa shape index (κ3) is 7.42. The van der Waals surface area contributed by atoms with Crippen LogP contribution in [0.4, 0.5) is 0 Å². The Kier molecular flexibility index (Phi) is 9.03. The molecular weight excluding hydrogens is 396 g/mol. The van der Waals surface area contributed by atoms with Crippen LogP contribution in [0.1, 0.15) is 19.4 Å². The van der Waals surface area contributed by atoms with Crippen molar-refractivity contribution < 1.29 is 28.5 Å². The molecule has 0 fully saturated rings. The summed E-state index contributed by atoms with van der Waals surface area (Å²) >= 11 is 0. The van der Waals surface area contributed by atoms with E-state index in [0.29, 0.717) is 42.3 Å². The third-order valence-corrected chi connectivity index (χ3v) is 4.31. The number of hydrogen-bond donors (Lipinski definition) is 0. The van der Waals surface area contributed by atoms with E-state index < -0.39 is 11.9 Å². The van der Waals surface area contributed by atoms with Gasteiger partial charge in [0.05, 0.1) is 13.2 Å². The third-order valence-electron chi connectivity index (χ3n) is 4.31. The molecule has 0 aliphatic rings. The van der Waals surface area contributed by atoms with Gasteiger partial charge in [0.1, 0.15) is 18.1 Å². The fourth-order valence-electron chi connectivity index (χ4n) is 2.62. The van der Waals surface area contributed by atoms with Gasteiger partial charge in [-0.1, -0.05) is 31.4 Å². The maximum Gasteiger partial charge on any atom is 0.338 e. The van der Waals surface area contributed by atoms with Crippen molar-refractivity contribution in [3.8, 4) is 22.6 Å². The van der Waals surface area contributed by atoms with Gasteiger partial charge in [0, 0.05) is 24.7 Å². The first-order valence-corrected chi connectivity index (χ1v) is 9.87. The number of rotatable bonds is 11. The smallest absolute Gasteiger partial charge is 0.338 e. The van der Waals surface area contributed by atoms with Crippen molar-refractivity contribution in [1.29, 1.82) is 0 Å². The lowest BCUT2D eigenvalue weighted by atomic mass is 10.0. The first-order chi connectivity index (χ1) is 14.8. The molecule has 0 radical (unpaired) electrons. The van der Waals surface area contributed by atoms with Crippen LogP contribution < -0.4 is 9.47 Å². The van der Waals surface area contributed by atoms with Gasteiger partial charge in [0.25, 0.3) is 0 Å². The molecule has 0 spiro atoms. The van der Waals surface area contributed by atoms with E-state index in [1.165, 1.54) is 0 Å². The molecule has 0 aliphatic heterocycles. The Bertz CT molecular complexity index is 943. The largest absolute Gasteiger partial charge is 0.491 e. The van der Waals surface area contributed by atoms with E-state index in [-0.39, 0.29) is 6.61 Å². The highest BCUT2D eigenvalue weighted by Gasteiger charge is 2.11. The van der Waals surface area contributed by atoms with Crippen LogP contribution >= 0.6 is 0 Å². The number of esters is 2. The Hall–Kier alpha value is -3.38. The second-order valence-electron chi connectivity index (χ2n) is 7.02. The second-order valence-corrected chi connectivity index (χ2v) is 7.02. The standard InChI is InChI=1S/C25H28O6/c1-17(2)24(26)30-13-12-21-16-20(8-11-23(21)29-15-14-28-5)19-6-9-22(10-7-19)31-25(27)18(3)4/h6-11,16H,1,3,12-15H2,2,4-5H3. The van der Waals surface area contributed by atoms with Gasteiger partial charge in [0.2, 0.25) is 0 Å². The molecule has 2 aromatic rings. The van der Waals surface area contributed by atoms with Gasteiger partial charge >= 0.3 is 11.9 Å². The zero-order valence-electron chi connectivity index (χ0n) is 18.2. The van der Waals surface area contributed by atoms with Crippen molar-refractivity contribution in [2.45, 2.75) is 20.3 Å². The highest BCUT2D eigenvalue weighted by atomic mass is 16.5. The predicted molar refractivity (Wildman–Crippen MR) is 119 cm³/mol. The highest BCUT2D eigenvalue weighted by molar-refractivity contribution is 5.89. The quantitative estimate of drug-likeness (QED) is 0.229. The van der Waals surface area contributed by atoms with E-state index in [1.807, 2.05) is 30.3 Å². The fraction of sp³-hybridized carbons (Fsp3) is 0.280. The predicted octanol–water partition coefficient (Wildman–Crippen LogP) is 4.52. The zero-order chi connectivity index (χ0) is 22.8. The van der Waals surface area contributed by atoms with E-state index in [0.717, 1.165) is 16.7 Å². The van der Waals surface area contributed by atoms with Gasteiger partial charge in [-0.25, -0.2) is 9.59 Å². The highest BCUT2D eigenvalue weighted by Crippen LogP contribution is 2.29. The maximum atomic E-state index is 11.7. The summed E-state index contributed by atoms with van der Waals surface area (Å²) in [7, 11) is 1.61. The number of hydrogen-bond acceptors (Lipinski definition) is 6. The number of methoxy groups -OCH3 is 1. The number of benzene rings is 2. The molecule has 0 aliphatic carbocycles. The monoisotopic (exact) mass is 424 g/mol. The van der Waals surface area contributed by atoms with Gasteiger partial charge in [0.15, 0.2) is 0 Å². The van der Waals surface area contributed by atoms with E-state index in [4.69, 9.17) is 18.9 Å². The normalized spacial score (nSPS) is 10.3. The van der Waals surface area contributed by atoms with E-state index in [2.05, 4.69) is 13.2 Å². The molecule has 0 saturated carbocycles. The number of carbonyl (C=O) groups excluding carboxylic acids is 2. The van der Waals surface area contributed by atoms with E-state index >= 15 is 0 Å². The molecule has 0 unspecified atom stereocenters. The van der Waals surface area contributed by atoms with Gasteiger partial charge in [-0.2, -0.15) is 0 Å².